The van der Waals surface area contributed by atoms with Crippen LogP contribution in [0.25, 0.3) is 0 Å². The number of ether oxygens (including phenoxy) is 1. The molecule has 4 nitrogen and oxygen atoms in total. The van der Waals surface area contributed by atoms with E-state index in [2.05, 4.69) is 10.2 Å². The van der Waals surface area contributed by atoms with Crippen molar-refractivity contribution in [2.75, 3.05) is 26.7 Å². The van der Waals surface area contributed by atoms with Crippen LogP contribution in [0.1, 0.15) is 44.9 Å². The predicted molar refractivity (Wildman–Crippen MR) is 71.5 cm³/mol. The first kappa shape index (κ1) is 13.8. The van der Waals surface area contributed by atoms with Gasteiger partial charge in [-0.15, -0.1) is 0 Å². The second-order valence-electron chi connectivity index (χ2n) is 5.64. The summed E-state index contributed by atoms with van der Waals surface area (Å²) in [7, 11) is 1.75. The summed E-state index contributed by atoms with van der Waals surface area (Å²) in [5, 5.41) is 3.20. The third kappa shape index (κ3) is 4.25. The monoisotopic (exact) mass is 254 g/mol. The molecule has 0 unspecified atom stereocenters. The maximum absolute atomic E-state index is 12.0. The van der Waals surface area contributed by atoms with Crippen LogP contribution < -0.4 is 5.32 Å². The van der Waals surface area contributed by atoms with Crippen molar-refractivity contribution in [2.24, 2.45) is 0 Å². The molecule has 4 heteroatoms. The Bertz CT molecular complexity index is 263. The Labute approximate surface area is 110 Å². The topological polar surface area (TPSA) is 41.6 Å². The normalized spacial score (nSPS) is 27.1. The van der Waals surface area contributed by atoms with E-state index >= 15 is 0 Å². The fourth-order valence-corrected chi connectivity index (χ4v) is 3.03. The molecule has 18 heavy (non-hydrogen) atoms. The Hall–Kier alpha value is -0.610. The van der Waals surface area contributed by atoms with Gasteiger partial charge in [0.15, 0.2) is 0 Å². The van der Waals surface area contributed by atoms with E-state index in [1.165, 1.54) is 25.7 Å². The van der Waals surface area contributed by atoms with Crippen LogP contribution in [0.5, 0.6) is 0 Å². The molecule has 104 valence electrons. The Morgan fingerprint density at radius 3 is 2.56 bits per heavy atom. The highest BCUT2D eigenvalue weighted by Crippen LogP contribution is 2.17. The summed E-state index contributed by atoms with van der Waals surface area (Å²) >= 11 is 0. The summed E-state index contributed by atoms with van der Waals surface area (Å²) in [4.78, 5) is 14.2. The molecule has 1 atom stereocenters. The van der Waals surface area contributed by atoms with Gasteiger partial charge in [0.2, 0.25) is 5.91 Å². The minimum atomic E-state index is 0.193. The highest BCUT2D eigenvalue weighted by Gasteiger charge is 2.24. The second-order valence-corrected chi connectivity index (χ2v) is 5.64. The number of likely N-dealkylation sites (tertiary alicyclic amines) is 1. The van der Waals surface area contributed by atoms with Crippen molar-refractivity contribution < 1.29 is 9.53 Å². The van der Waals surface area contributed by atoms with Gasteiger partial charge >= 0.3 is 0 Å². The predicted octanol–water partition coefficient (Wildman–Crippen LogP) is 1.55. The van der Waals surface area contributed by atoms with E-state index < -0.39 is 0 Å². The SMILES string of the molecule is CO[C@H]1CCN(CC(=O)NC2CCCCCC2)C1. The maximum atomic E-state index is 12.0. The van der Waals surface area contributed by atoms with Gasteiger partial charge in [-0.3, -0.25) is 9.69 Å². The van der Waals surface area contributed by atoms with Gasteiger partial charge in [0.05, 0.1) is 12.6 Å². The first-order valence-corrected chi connectivity index (χ1v) is 7.32. The summed E-state index contributed by atoms with van der Waals surface area (Å²) in [6, 6.07) is 0.417. The molecule has 0 bridgehead atoms. The van der Waals surface area contributed by atoms with Gasteiger partial charge in [-0.2, -0.15) is 0 Å². The molecule has 0 aromatic heterocycles. The Kier molecular flexibility index (Phi) is 5.45. The van der Waals surface area contributed by atoms with E-state index in [0.717, 1.165) is 32.4 Å². The van der Waals surface area contributed by atoms with Crippen LogP contribution in [-0.4, -0.2) is 49.7 Å². The van der Waals surface area contributed by atoms with Crippen LogP contribution in [-0.2, 0) is 9.53 Å². The van der Waals surface area contributed by atoms with E-state index in [-0.39, 0.29) is 5.91 Å². The molecule has 2 rings (SSSR count). The van der Waals surface area contributed by atoms with Crippen molar-refractivity contribution >= 4 is 5.91 Å². The molecule has 1 aliphatic carbocycles. The van der Waals surface area contributed by atoms with Gasteiger partial charge in [-0.25, -0.2) is 0 Å². The Balaban J connectivity index is 1.68. The Morgan fingerprint density at radius 1 is 1.22 bits per heavy atom. The van der Waals surface area contributed by atoms with Gasteiger partial charge in [0.25, 0.3) is 0 Å². The van der Waals surface area contributed by atoms with Crippen LogP contribution in [0, 0.1) is 0 Å². The number of hydrogen-bond donors (Lipinski definition) is 1. The molecule has 0 spiro atoms. The quantitative estimate of drug-likeness (QED) is 0.774. The first-order valence-electron chi connectivity index (χ1n) is 7.32. The lowest BCUT2D eigenvalue weighted by Gasteiger charge is -2.19. The van der Waals surface area contributed by atoms with E-state index in [0.29, 0.717) is 18.7 Å². The van der Waals surface area contributed by atoms with Crippen molar-refractivity contribution in [1.82, 2.24) is 10.2 Å². The average molecular weight is 254 g/mol. The number of carbonyl (C=O) groups is 1. The number of nitrogens with one attached hydrogen (secondary N) is 1. The van der Waals surface area contributed by atoms with Crippen LogP contribution in [0.4, 0.5) is 0 Å². The maximum Gasteiger partial charge on any atom is 0.234 e. The lowest BCUT2D eigenvalue weighted by Crippen LogP contribution is -2.41. The standard InChI is InChI=1S/C14H26N2O2/c1-18-13-8-9-16(10-13)11-14(17)15-12-6-4-2-3-5-7-12/h12-13H,2-11H2,1H3,(H,15,17)/t13-/m0/s1. The highest BCUT2D eigenvalue weighted by molar-refractivity contribution is 5.78. The van der Waals surface area contributed by atoms with Crippen LogP contribution in [0.3, 0.4) is 0 Å². The smallest absolute Gasteiger partial charge is 0.234 e. The lowest BCUT2D eigenvalue weighted by atomic mass is 10.1. The fraction of sp³-hybridized carbons (Fsp3) is 0.929. The average Bonchev–Trinajstić information content (AvgIpc) is 2.65. The van der Waals surface area contributed by atoms with Gasteiger partial charge in [0, 0.05) is 26.2 Å². The van der Waals surface area contributed by atoms with Crippen LogP contribution in [0.2, 0.25) is 0 Å². The summed E-state index contributed by atoms with van der Waals surface area (Å²) in [6.45, 7) is 2.42. The molecular weight excluding hydrogens is 228 g/mol. The van der Waals surface area contributed by atoms with E-state index in [1.807, 2.05) is 0 Å². The molecule has 0 aromatic rings. The molecule has 1 aliphatic heterocycles. The van der Waals surface area contributed by atoms with Crippen molar-refractivity contribution in [3.63, 3.8) is 0 Å². The molecule has 1 amide bonds. The van der Waals surface area contributed by atoms with Gasteiger partial charge < -0.3 is 10.1 Å². The number of hydrogen-bond acceptors (Lipinski definition) is 3. The van der Waals surface area contributed by atoms with Crippen molar-refractivity contribution in [3.05, 3.63) is 0 Å². The summed E-state index contributed by atoms with van der Waals surface area (Å²) in [5.74, 6) is 0.193. The van der Waals surface area contributed by atoms with E-state index in [9.17, 15) is 4.79 Å². The summed E-state index contributed by atoms with van der Waals surface area (Å²) in [5.41, 5.74) is 0. The van der Waals surface area contributed by atoms with E-state index in [4.69, 9.17) is 4.74 Å². The largest absolute Gasteiger partial charge is 0.380 e. The second kappa shape index (κ2) is 7.10. The fourth-order valence-electron chi connectivity index (χ4n) is 3.03. The van der Waals surface area contributed by atoms with Crippen LogP contribution in [0.15, 0.2) is 0 Å². The zero-order valence-electron chi connectivity index (χ0n) is 11.5. The molecule has 2 fully saturated rings. The van der Waals surface area contributed by atoms with Gasteiger partial charge in [-0.05, 0) is 19.3 Å². The third-order valence-corrected chi connectivity index (χ3v) is 4.15. The minimum absolute atomic E-state index is 0.193. The zero-order chi connectivity index (χ0) is 12.8. The highest BCUT2D eigenvalue weighted by atomic mass is 16.5. The van der Waals surface area contributed by atoms with Crippen molar-refractivity contribution in [1.29, 1.82) is 0 Å². The molecule has 1 heterocycles. The molecular formula is C14H26N2O2. The molecule has 2 aliphatic rings. The lowest BCUT2D eigenvalue weighted by molar-refractivity contribution is -0.122. The van der Waals surface area contributed by atoms with Crippen molar-refractivity contribution in [2.45, 2.75) is 57.1 Å². The third-order valence-electron chi connectivity index (χ3n) is 4.15. The van der Waals surface area contributed by atoms with Gasteiger partial charge in [-0.1, -0.05) is 25.7 Å². The zero-order valence-corrected chi connectivity index (χ0v) is 11.5. The number of carbonyl (C=O) groups excluding carboxylic acids is 1. The minimum Gasteiger partial charge on any atom is -0.380 e. The summed E-state index contributed by atoms with van der Waals surface area (Å²) < 4.78 is 5.32. The Morgan fingerprint density at radius 2 is 1.94 bits per heavy atom. The summed E-state index contributed by atoms with van der Waals surface area (Å²) in [6.07, 6.45) is 8.87. The molecule has 0 aromatic carbocycles. The molecule has 0 radical (unpaired) electrons. The number of nitrogens with zero attached hydrogens (tertiary/aromatic N) is 1. The molecule has 1 saturated heterocycles. The first-order chi connectivity index (χ1) is 8.78. The van der Waals surface area contributed by atoms with E-state index in [1.54, 1.807) is 7.11 Å². The molecule has 1 saturated carbocycles. The number of amides is 1. The van der Waals surface area contributed by atoms with Crippen LogP contribution >= 0.6 is 0 Å². The molecule has 1 N–H and O–H groups in total. The number of rotatable bonds is 4. The van der Waals surface area contributed by atoms with Crippen molar-refractivity contribution in [3.8, 4) is 0 Å². The number of methoxy groups -OCH3 is 1. The van der Waals surface area contributed by atoms with Gasteiger partial charge in [0.1, 0.15) is 0 Å².